The summed E-state index contributed by atoms with van der Waals surface area (Å²) in [4.78, 5) is 11.4. The summed E-state index contributed by atoms with van der Waals surface area (Å²) in [7, 11) is 1.58. The minimum absolute atomic E-state index is 0.230. The molecular weight excluding hydrogens is 290 g/mol. The third-order valence-electron chi connectivity index (χ3n) is 3.03. The number of primary amides is 1. The van der Waals surface area contributed by atoms with Crippen molar-refractivity contribution < 1.29 is 14.3 Å². The van der Waals surface area contributed by atoms with Crippen molar-refractivity contribution in [3.63, 3.8) is 0 Å². The first-order valence-electron chi connectivity index (χ1n) is 6.37. The minimum atomic E-state index is -0.525. The molecule has 0 aliphatic carbocycles. The fourth-order valence-electron chi connectivity index (χ4n) is 1.97. The Morgan fingerprint density at radius 2 is 1.95 bits per heavy atom. The molecule has 0 radical (unpaired) electrons. The largest absolute Gasteiger partial charge is 0.496 e. The van der Waals surface area contributed by atoms with Crippen LogP contribution in [0.2, 0.25) is 5.02 Å². The van der Waals surface area contributed by atoms with Crippen LogP contribution in [0.1, 0.15) is 21.5 Å². The fraction of sp³-hybridized carbons (Fsp3) is 0.188. The number of hydrogen-bond acceptors (Lipinski definition) is 3. The summed E-state index contributed by atoms with van der Waals surface area (Å²) in [6.07, 6.45) is 0. The molecule has 2 N–H and O–H groups in total. The molecule has 0 bridgehead atoms. The van der Waals surface area contributed by atoms with Gasteiger partial charge in [-0.15, -0.1) is 0 Å². The van der Waals surface area contributed by atoms with Crippen LogP contribution in [0.4, 0.5) is 0 Å². The van der Waals surface area contributed by atoms with Crippen molar-refractivity contribution in [2.75, 3.05) is 7.11 Å². The van der Waals surface area contributed by atoms with Crippen molar-refractivity contribution >= 4 is 17.5 Å². The molecule has 0 unspecified atom stereocenters. The van der Waals surface area contributed by atoms with Crippen molar-refractivity contribution in [1.82, 2.24) is 0 Å². The summed E-state index contributed by atoms with van der Waals surface area (Å²) in [5, 5.41) is 0.591. The smallest absolute Gasteiger partial charge is 0.252 e. The number of carbonyl (C=O) groups is 1. The van der Waals surface area contributed by atoms with Crippen LogP contribution in [0.3, 0.4) is 0 Å². The second-order valence-electron chi connectivity index (χ2n) is 4.61. The second kappa shape index (κ2) is 6.50. The molecule has 2 aromatic carbocycles. The Hall–Kier alpha value is -2.20. The molecule has 0 aliphatic heterocycles. The number of carbonyl (C=O) groups excluding carboxylic acids is 1. The molecule has 2 rings (SSSR count). The van der Waals surface area contributed by atoms with Crippen LogP contribution in [-0.2, 0) is 6.61 Å². The summed E-state index contributed by atoms with van der Waals surface area (Å²) in [5.41, 5.74) is 7.47. The maximum Gasteiger partial charge on any atom is 0.252 e. The molecule has 110 valence electrons. The van der Waals surface area contributed by atoms with Gasteiger partial charge in [0.05, 0.1) is 12.7 Å². The van der Waals surface area contributed by atoms with Gasteiger partial charge >= 0.3 is 0 Å². The lowest BCUT2D eigenvalue weighted by molar-refractivity contribution is 0.0996. The van der Waals surface area contributed by atoms with Gasteiger partial charge in [-0.05, 0) is 42.8 Å². The number of aryl methyl sites for hydroxylation is 1. The van der Waals surface area contributed by atoms with E-state index in [4.69, 9.17) is 26.8 Å². The van der Waals surface area contributed by atoms with Gasteiger partial charge in [0.15, 0.2) is 0 Å². The lowest BCUT2D eigenvalue weighted by Gasteiger charge is -2.13. The zero-order valence-corrected chi connectivity index (χ0v) is 12.6. The highest BCUT2D eigenvalue weighted by Gasteiger charge is 2.11. The number of amides is 1. The van der Waals surface area contributed by atoms with E-state index in [0.29, 0.717) is 22.1 Å². The van der Waals surface area contributed by atoms with Gasteiger partial charge in [-0.3, -0.25) is 4.79 Å². The molecule has 0 saturated carbocycles. The van der Waals surface area contributed by atoms with Crippen LogP contribution < -0.4 is 15.2 Å². The van der Waals surface area contributed by atoms with E-state index in [-0.39, 0.29) is 6.61 Å². The van der Waals surface area contributed by atoms with E-state index in [9.17, 15) is 4.79 Å². The molecule has 0 saturated heterocycles. The Balaban J connectivity index is 2.26. The molecule has 5 heteroatoms. The molecule has 1 amide bonds. The zero-order chi connectivity index (χ0) is 15.4. The molecular formula is C16H16ClNO3. The quantitative estimate of drug-likeness (QED) is 0.921. The fourth-order valence-corrected chi connectivity index (χ4v) is 2.16. The van der Waals surface area contributed by atoms with Crippen LogP contribution in [0.15, 0.2) is 36.4 Å². The minimum Gasteiger partial charge on any atom is -0.496 e. The first-order chi connectivity index (χ1) is 10.0. The lowest BCUT2D eigenvalue weighted by Crippen LogP contribution is -2.13. The Bertz CT molecular complexity index is 671. The van der Waals surface area contributed by atoms with E-state index in [0.717, 1.165) is 11.1 Å². The van der Waals surface area contributed by atoms with Gasteiger partial charge in [-0.1, -0.05) is 17.7 Å². The van der Waals surface area contributed by atoms with Crippen LogP contribution >= 0.6 is 11.6 Å². The molecule has 0 fully saturated rings. The third kappa shape index (κ3) is 3.67. The van der Waals surface area contributed by atoms with Crippen molar-refractivity contribution in [3.05, 3.63) is 58.1 Å². The van der Waals surface area contributed by atoms with E-state index >= 15 is 0 Å². The Morgan fingerprint density at radius 3 is 2.62 bits per heavy atom. The van der Waals surface area contributed by atoms with Crippen molar-refractivity contribution in [2.45, 2.75) is 13.5 Å². The van der Waals surface area contributed by atoms with Gasteiger partial charge in [0.1, 0.15) is 18.1 Å². The van der Waals surface area contributed by atoms with Gasteiger partial charge in [-0.25, -0.2) is 0 Å². The third-order valence-corrected chi connectivity index (χ3v) is 3.26. The van der Waals surface area contributed by atoms with Gasteiger partial charge < -0.3 is 15.2 Å². The van der Waals surface area contributed by atoms with Gasteiger partial charge in [0.25, 0.3) is 5.91 Å². The average molecular weight is 306 g/mol. The van der Waals surface area contributed by atoms with E-state index in [1.54, 1.807) is 37.4 Å². The molecule has 21 heavy (non-hydrogen) atoms. The van der Waals surface area contributed by atoms with Gasteiger partial charge in [0.2, 0.25) is 0 Å². The Morgan fingerprint density at radius 1 is 1.19 bits per heavy atom. The summed E-state index contributed by atoms with van der Waals surface area (Å²) in [6, 6.07) is 10.5. The number of rotatable bonds is 5. The molecule has 0 heterocycles. The highest BCUT2D eigenvalue weighted by molar-refractivity contribution is 6.30. The number of benzene rings is 2. The molecule has 0 aliphatic rings. The summed E-state index contributed by atoms with van der Waals surface area (Å²) >= 11 is 5.98. The predicted octanol–water partition coefficient (Wildman–Crippen LogP) is 3.33. The SMILES string of the molecule is COc1ccc(Cl)cc1COc1cc(C)ccc1C(N)=O. The maximum absolute atomic E-state index is 11.4. The van der Waals surface area contributed by atoms with E-state index < -0.39 is 5.91 Å². The number of methoxy groups -OCH3 is 1. The number of ether oxygens (including phenoxy) is 2. The first-order valence-corrected chi connectivity index (χ1v) is 6.74. The van der Waals surface area contributed by atoms with E-state index in [1.165, 1.54) is 0 Å². The van der Waals surface area contributed by atoms with Crippen LogP contribution in [0, 0.1) is 6.92 Å². The molecule has 0 spiro atoms. The predicted molar refractivity (Wildman–Crippen MR) is 82.0 cm³/mol. The average Bonchev–Trinajstić information content (AvgIpc) is 2.45. The molecule has 4 nitrogen and oxygen atoms in total. The topological polar surface area (TPSA) is 61.6 Å². The Labute approximate surface area is 128 Å². The van der Waals surface area contributed by atoms with Crippen molar-refractivity contribution in [1.29, 1.82) is 0 Å². The van der Waals surface area contributed by atoms with Crippen LogP contribution in [-0.4, -0.2) is 13.0 Å². The van der Waals surface area contributed by atoms with Gasteiger partial charge in [-0.2, -0.15) is 0 Å². The normalized spacial score (nSPS) is 10.2. The number of nitrogens with two attached hydrogens (primary N) is 1. The highest BCUT2D eigenvalue weighted by Crippen LogP contribution is 2.26. The Kier molecular flexibility index (Phi) is 4.70. The summed E-state index contributed by atoms with van der Waals surface area (Å²) in [5.74, 6) is 0.597. The highest BCUT2D eigenvalue weighted by atomic mass is 35.5. The monoisotopic (exact) mass is 305 g/mol. The van der Waals surface area contributed by atoms with E-state index in [1.807, 2.05) is 13.0 Å². The standard InChI is InChI=1S/C16H16ClNO3/c1-10-3-5-13(16(18)19)15(7-10)21-9-11-8-12(17)4-6-14(11)20-2/h3-8H,9H2,1-2H3,(H2,18,19). The van der Waals surface area contributed by atoms with Crippen LogP contribution in [0.5, 0.6) is 11.5 Å². The molecule has 0 atom stereocenters. The maximum atomic E-state index is 11.4. The zero-order valence-electron chi connectivity index (χ0n) is 11.9. The first kappa shape index (κ1) is 15.2. The van der Waals surface area contributed by atoms with Crippen molar-refractivity contribution in [3.8, 4) is 11.5 Å². The number of halogens is 1. The van der Waals surface area contributed by atoms with Crippen LogP contribution in [0.25, 0.3) is 0 Å². The summed E-state index contributed by atoms with van der Waals surface area (Å²) < 4.78 is 11.0. The van der Waals surface area contributed by atoms with Gasteiger partial charge in [0, 0.05) is 10.6 Å². The van der Waals surface area contributed by atoms with Crippen molar-refractivity contribution in [2.24, 2.45) is 5.73 Å². The lowest BCUT2D eigenvalue weighted by atomic mass is 10.1. The molecule has 2 aromatic rings. The molecule has 0 aromatic heterocycles. The van der Waals surface area contributed by atoms with E-state index in [2.05, 4.69) is 0 Å². The summed E-state index contributed by atoms with van der Waals surface area (Å²) in [6.45, 7) is 2.14. The second-order valence-corrected chi connectivity index (χ2v) is 5.05. The number of hydrogen-bond donors (Lipinski definition) is 1.